The van der Waals surface area contributed by atoms with Gasteiger partial charge in [0.25, 0.3) is 0 Å². The van der Waals surface area contributed by atoms with E-state index < -0.39 is 0 Å². The van der Waals surface area contributed by atoms with Crippen LogP contribution in [0.15, 0.2) is 24.3 Å². The van der Waals surface area contributed by atoms with Crippen LogP contribution in [0, 0.1) is 6.92 Å². The molecule has 2 heterocycles. The fraction of sp³-hybridized carbons (Fsp3) is 0.400. The lowest BCUT2D eigenvalue weighted by molar-refractivity contribution is 0.198. The molecule has 0 radical (unpaired) electrons. The van der Waals surface area contributed by atoms with E-state index in [1.165, 1.54) is 5.56 Å². The van der Waals surface area contributed by atoms with E-state index in [4.69, 9.17) is 22.1 Å². The van der Waals surface area contributed by atoms with Gasteiger partial charge in [-0.15, -0.1) is 0 Å². The van der Waals surface area contributed by atoms with Crippen molar-refractivity contribution < 1.29 is 4.74 Å². The van der Waals surface area contributed by atoms with E-state index in [0.717, 1.165) is 23.4 Å². The standard InChI is InChI=1S/C15H18ClN3O/c1-9-11(15(16)19(2)18-9)8-12(17)14-7-10-5-3-4-6-13(10)20-14/h3-6,12,14H,7-8,17H2,1-2H3. The molecule has 0 bridgehead atoms. The first-order valence-corrected chi connectivity index (χ1v) is 7.12. The third-order valence-corrected chi connectivity index (χ3v) is 4.33. The lowest BCUT2D eigenvalue weighted by Gasteiger charge is -2.19. The molecule has 0 saturated heterocycles. The van der Waals surface area contributed by atoms with Crippen LogP contribution >= 0.6 is 11.6 Å². The Morgan fingerprint density at radius 3 is 2.90 bits per heavy atom. The summed E-state index contributed by atoms with van der Waals surface area (Å²) in [7, 11) is 1.84. The average molecular weight is 292 g/mol. The molecule has 20 heavy (non-hydrogen) atoms. The zero-order valence-electron chi connectivity index (χ0n) is 11.6. The van der Waals surface area contributed by atoms with Crippen molar-refractivity contribution in [2.45, 2.75) is 31.9 Å². The van der Waals surface area contributed by atoms with Crippen LogP contribution in [0.1, 0.15) is 16.8 Å². The van der Waals surface area contributed by atoms with Gasteiger partial charge < -0.3 is 10.5 Å². The molecule has 0 spiro atoms. The van der Waals surface area contributed by atoms with Crippen LogP contribution < -0.4 is 10.5 Å². The molecule has 1 aliphatic rings. The van der Waals surface area contributed by atoms with E-state index in [2.05, 4.69) is 11.2 Å². The van der Waals surface area contributed by atoms with Crippen LogP contribution in [0.2, 0.25) is 5.15 Å². The molecule has 0 fully saturated rings. The van der Waals surface area contributed by atoms with Crippen LogP contribution in [0.25, 0.3) is 0 Å². The monoisotopic (exact) mass is 291 g/mol. The summed E-state index contributed by atoms with van der Waals surface area (Å²) in [6, 6.07) is 7.99. The number of rotatable bonds is 3. The van der Waals surface area contributed by atoms with Gasteiger partial charge in [0.05, 0.1) is 5.69 Å². The minimum atomic E-state index is -0.0946. The summed E-state index contributed by atoms with van der Waals surface area (Å²) >= 11 is 6.26. The number of aryl methyl sites for hydroxylation is 2. The second-order valence-electron chi connectivity index (χ2n) is 5.31. The van der Waals surface area contributed by atoms with Crippen molar-refractivity contribution in [1.29, 1.82) is 0 Å². The summed E-state index contributed by atoms with van der Waals surface area (Å²) in [6.07, 6.45) is 1.54. The third-order valence-electron chi connectivity index (χ3n) is 3.86. The second-order valence-corrected chi connectivity index (χ2v) is 5.67. The van der Waals surface area contributed by atoms with E-state index in [1.807, 2.05) is 32.2 Å². The van der Waals surface area contributed by atoms with Gasteiger partial charge in [-0.1, -0.05) is 29.8 Å². The number of fused-ring (bicyclic) bond motifs is 1. The molecular formula is C15H18ClN3O. The molecule has 2 atom stereocenters. The molecule has 5 heteroatoms. The van der Waals surface area contributed by atoms with Gasteiger partial charge in [0.2, 0.25) is 0 Å². The number of hydrogen-bond donors (Lipinski definition) is 1. The molecule has 1 aliphatic heterocycles. The number of nitrogens with zero attached hydrogens (tertiary/aromatic N) is 2. The van der Waals surface area contributed by atoms with E-state index in [-0.39, 0.29) is 12.1 Å². The van der Waals surface area contributed by atoms with Crippen LogP contribution in [0.5, 0.6) is 5.75 Å². The first-order chi connectivity index (χ1) is 9.56. The van der Waals surface area contributed by atoms with Crippen LogP contribution in [-0.4, -0.2) is 21.9 Å². The quantitative estimate of drug-likeness (QED) is 0.944. The Labute approximate surface area is 123 Å². The number of ether oxygens (including phenoxy) is 1. The Morgan fingerprint density at radius 2 is 2.25 bits per heavy atom. The van der Waals surface area contributed by atoms with Gasteiger partial charge in [-0.25, -0.2) is 0 Å². The Balaban J connectivity index is 1.74. The number of para-hydroxylation sites is 1. The number of benzene rings is 1. The molecule has 3 rings (SSSR count). The smallest absolute Gasteiger partial charge is 0.130 e. The minimum Gasteiger partial charge on any atom is -0.488 e. The highest BCUT2D eigenvalue weighted by Crippen LogP contribution is 2.30. The maximum atomic E-state index is 6.32. The SMILES string of the molecule is Cc1nn(C)c(Cl)c1CC(N)C1Cc2ccccc2O1. The Kier molecular flexibility index (Phi) is 3.44. The van der Waals surface area contributed by atoms with Gasteiger partial charge in [0.1, 0.15) is 17.0 Å². The Bertz CT molecular complexity index is 613. The topological polar surface area (TPSA) is 53.1 Å². The van der Waals surface area contributed by atoms with Gasteiger partial charge in [-0.05, 0) is 25.0 Å². The largest absolute Gasteiger partial charge is 0.488 e. The van der Waals surface area contributed by atoms with Crippen molar-refractivity contribution in [1.82, 2.24) is 9.78 Å². The summed E-state index contributed by atoms with van der Waals surface area (Å²) in [5, 5.41) is 4.98. The van der Waals surface area contributed by atoms with E-state index in [1.54, 1.807) is 4.68 Å². The molecule has 1 aromatic heterocycles. The zero-order valence-corrected chi connectivity index (χ0v) is 12.4. The van der Waals surface area contributed by atoms with Crippen LogP contribution in [-0.2, 0) is 19.9 Å². The number of aromatic nitrogens is 2. The van der Waals surface area contributed by atoms with Gasteiger partial charge in [0, 0.05) is 25.1 Å². The molecule has 0 amide bonds. The van der Waals surface area contributed by atoms with Crippen LogP contribution in [0.3, 0.4) is 0 Å². The van der Waals surface area contributed by atoms with E-state index in [0.29, 0.717) is 11.6 Å². The van der Waals surface area contributed by atoms with Crippen LogP contribution in [0.4, 0.5) is 0 Å². The fourth-order valence-corrected chi connectivity index (χ4v) is 2.97. The molecular weight excluding hydrogens is 274 g/mol. The molecule has 1 aromatic carbocycles. The molecule has 0 saturated carbocycles. The van der Waals surface area contributed by atoms with Gasteiger partial charge in [0.15, 0.2) is 0 Å². The Hall–Kier alpha value is -1.52. The third kappa shape index (κ3) is 2.30. The molecule has 2 aromatic rings. The highest BCUT2D eigenvalue weighted by atomic mass is 35.5. The van der Waals surface area contributed by atoms with E-state index >= 15 is 0 Å². The Morgan fingerprint density at radius 1 is 1.50 bits per heavy atom. The summed E-state index contributed by atoms with van der Waals surface area (Å²) in [4.78, 5) is 0. The summed E-state index contributed by atoms with van der Waals surface area (Å²) in [5.41, 5.74) is 9.49. The molecule has 0 aliphatic carbocycles. The average Bonchev–Trinajstić information content (AvgIpc) is 2.95. The first-order valence-electron chi connectivity index (χ1n) is 6.74. The first kappa shape index (κ1) is 13.5. The van der Waals surface area contributed by atoms with Gasteiger partial charge in [-0.3, -0.25) is 4.68 Å². The summed E-state index contributed by atoms with van der Waals surface area (Å²) in [6.45, 7) is 1.96. The van der Waals surface area contributed by atoms with Crippen molar-refractivity contribution in [3.05, 3.63) is 46.2 Å². The predicted octanol–water partition coefficient (Wildman–Crippen LogP) is 2.26. The molecule has 4 nitrogen and oxygen atoms in total. The highest BCUT2D eigenvalue weighted by molar-refractivity contribution is 6.30. The summed E-state index contributed by atoms with van der Waals surface area (Å²) in [5.74, 6) is 0.946. The highest BCUT2D eigenvalue weighted by Gasteiger charge is 2.29. The number of halogens is 1. The molecule has 2 unspecified atom stereocenters. The van der Waals surface area contributed by atoms with Gasteiger partial charge in [-0.2, -0.15) is 5.10 Å². The lowest BCUT2D eigenvalue weighted by atomic mass is 9.99. The second kappa shape index (κ2) is 5.11. The number of nitrogens with two attached hydrogens (primary N) is 1. The van der Waals surface area contributed by atoms with Crippen molar-refractivity contribution in [2.24, 2.45) is 12.8 Å². The normalized spacial score (nSPS) is 18.7. The summed E-state index contributed by atoms with van der Waals surface area (Å²) < 4.78 is 7.62. The maximum Gasteiger partial charge on any atom is 0.130 e. The molecule has 2 N–H and O–H groups in total. The molecule has 106 valence electrons. The zero-order chi connectivity index (χ0) is 14.3. The number of hydrogen-bond acceptors (Lipinski definition) is 3. The fourth-order valence-electron chi connectivity index (χ4n) is 2.72. The van der Waals surface area contributed by atoms with Crippen molar-refractivity contribution in [2.75, 3.05) is 0 Å². The van der Waals surface area contributed by atoms with Crippen molar-refractivity contribution >= 4 is 11.6 Å². The maximum absolute atomic E-state index is 6.32. The van der Waals surface area contributed by atoms with Crippen molar-refractivity contribution in [3.8, 4) is 5.75 Å². The van der Waals surface area contributed by atoms with Crippen molar-refractivity contribution in [3.63, 3.8) is 0 Å². The van der Waals surface area contributed by atoms with E-state index in [9.17, 15) is 0 Å². The minimum absolute atomic E-state index is 0.00285. The lowest BCUT2D eigenvalue weighted by Crippen LogP contribution is -2.39. The van der Waals surface area contributed by atoms with Gasteiger partial charge >= 0.3 is 0 Å². The predicted molar refractivity (Wildman–Crippen MR) is 79.2 cm³/mol.